The van der Waals surface area contributed by atoms with Crippen LogP contribution in [0.5, 0.6) is 0 Å². The Morgan fingerprint density at radius 1 is 0.750 bits per heavy atom. The van der Waals surface area contributed by atoms with Crippen molar-refractivity contribution in [1.82, 2.24) is 0 Å². The second-order valence-corrected chi connectivity index (χ2v) is 6.53. The molecule has 0 bridgehead atoms. The minimum Gasteiger partial charge on any atom is -0.390 e. The Balaban J connectivity index is 0. The van der Waals surface area contributed by atoms with Crippen molar-refractivity contribution in [3.05, 3.63) is 12.2 Å². The van der Waals surface area contributed by atoms with Gasteiger partial charge in [-0.15, -0.1) is 0 Å². The molecule has 0 saturated heterocycles. The van der Waals surface area contributed by atoms with Gasteiger partial charge in [0.1, 0.15) is 0 Å². The van der Waals surface area contributed by atoms with Crippen LogP contribution in [0, 0.1) is 0 Å². The van der Waals surface area contributed by atoms with Gasteiger partial charge in [-0.25, -0.2) is 4.79 Å². The molecule has 0 aliphatic heterocycles. The van der Waals surface area contributed by atoms with E-state index in [1.54, 1.807) is 6.92 Å². The van der Waals surface area contributed by atoms with Crippen molar-refractivity contribution in [2.45, 2.75) is 104 Å². The maximum Gasteiger partial charge on any atom is 0.340 e. The fourth-order valence-electron chi connectivity index (χ4n) is 2.53. The first-order valence-corrected chi connectivity index (χ1v) is 9.48. The van der Waals surface area contributed by atoms with Gasteiger partial charge in [0, 0.05) is 31.5 Å². The van der Waals surface area contributed by atoms with Crippen LogP contribution in [-0.4, -0.2) is 11.9 Å². The third-order valence-electron chi connectivity index (χ3n) is 4.04. The van der Waals surface area contributed by atoms with Crippen molar-refractivity contribution in [2.24, 2.45) is 0 Å². The van der Waals surface area contributed by atoms with Crippen LogP contribution in [0.2, 0.25) is 0 Å². The molecule has 0 atom stereocenters. The third-order valence-corrected chi connectivity index (χ3v) is 4.04. The summed E-state index contributed by atoms with van der Waals surface area (Å²) in [6, 6.07) is 0. The van der Waals surface area contributed by atoms with Crippen molar-refractivity contribution in [3.8, 4) is 0 Å². The third kappa shape index (κ3) is 17.9. The number of carbonyl (C=O) groups excluding carboxylic acids is 2. The van der Waals surface area contributed by atoms with Gasteiger partial charge < -0.3 is 4.74 Å². The summed E-state index contributed by atoms with van der Waals surface area (Å²) in [5, 5.41) is 0. The Morgan fingerprint density at radius 2 is 1.12 bits per heavy atom. The van der Waals surface area contributed by atoms with Crippen LogP contribution in [-0.2, 0) is 33.8 Å². The second-order valence-electron chi connectivity index (χ2n) is 6.53. The summed E-state index contributed by atoms with van der Waals surface area (Å²) in [6.45, 7) is 7.25. The van der Waals surface area contributed by atoms with E-state index in [0.717, 1.165) is 19.3 Å². The van der Waals surface area contributed by atoms with Crippen LogP contribution < -0.4 is 0 Å². The predicted molar refractivity (Wildman–Crippen MR) is 96.2 cm³/mol. The number of hydrogen-bond acceptors (Lipinski definition) is 3. The summed E-state index contributed by atoms with van der Waals surface area (Å²) >= 11 is 0. The minimum absolute atomic E-state index is 0. The van der Waals surface area contributed by atoms with E-state index < -0.39 is 11.9 Å². The minimum atomic E-state index is -0.607. The van der Waals surface area contributed by atoms with Gasteiger partial charge in [0.2, 0.25) is 0 Å². The average molecular weight is 390 g/mol. The molecule has 0 radical (unpaired) electrons. The fourth-order valence-corrected chi connectivity index (χ4v) is 2.53. The Kier molecular flexibility index (Phi) is 20.2. The molecule has 3 nitrogen and oxygen atoms in total. The first-order chi connectivity index (χ1) is 11.1. The molecule has 0 aromatic rings. The zero-order valence-corrected chi connectivity index (χ0v) is 19.0. The van der Waals surface area contributed by atoms with Gasteiger partial charge in [0.25, 0.3) is 0 Å². The molecule has 0 aliphatic carbocycles. The molecule has 0 rings (SSSR count). The maximum atomic E-state index is 11.4. The number of unbranched alkanes of at least 4 members (excludes halogenated alkanes) is 12. The second kappa shape index (κ2) is 18.8. The summed E-state index contributed by atoms with van der Waals surface area (Å²) in [5.41, 5.74) is 0.267. The topological polar surface area (TPSA) is 43.4 Å². The van der Waals surface area contributed by atoms with Crippen molar-refractivity contribution in [1.29, 1.82) is 0 Å². The Labute approximate surface area is 161 Å². The fraction of sp³-hybridized carbons (Fsp3) is 0.800. The van der Waals surface area contributed by atoms with Crippen LogP contribution in [0.15, 0.2) is 12.2 Å². The molecule has 0 spiro atoms. The van der Waals surface area contributed by atoms with Crippen molar-refractivity contribution >= 4 is 11.9 Å². The summed E-state index contributed by atoms with van der Waals surface area (Å²) in [5.74, 6) is -1.04. The average Bonchev–Trinajstić information content (AvgIpc) is 2.51. The van der Waals surface area contributed by atoms with Gasteiger partial charge in [-0.2, -0.15) is 0 Å². The van der Waals surface area contributed by atoms with Crippen LogP contribution in [0.1, 0.15) is 104 Å². The maximum absolute atomic E-state index is 11.4. The smallest absolute Gasteiger partial charge is 0.340 e. The molecule has 4 heteroatoms. The SMILES string of the molecule is C=C(C)C(=O)OC(=O)CCCCCCCCCCCCCCC.[Zn]. The summed E-state index contributed by atoms with van der Waals surface area (Å²) in [4.78, 5) is 22.5. The molecule has 0 heterocycles. The summed E-state index contributed by atoms with van der Waals surface area (Å²) in [6.07, 6.45) is 16.9. The van der Waals surface area contributed by atoms with E-state index in [0.29, 0.717) is 6.42 Å². The van der Waals surface area contributed by atoms with Crippen molar-refractivity contribution < 1.29 is 33.8 Å². The van der Waals surface area contributed by atoms with E-state index >= 15 is 0 Å². The largest absolute Gasteiger partial charge is 0.390 e. The normalized spacial score (nSPS) is 10.1. The molecule has 0 aromatic carbocycles. The van der Waals surface area contributed by atoms with Crippen LogP contribution in [0.25, 0.3) is 0 Å². The molecule has 0 N–H and O–H groups in total. The monoisotopic (exact) mass is 388 g/mol. The van der Waals surface area contributed by atoms with E-state index in [1.807, 2.05) is 0 Å². The molecule has 24 heavy (non-hydrogen) atoms. The van der Waals surface area contributed by atoms with Gasteiger partial charge in [-0.05, 0) is 13.3 Å². The van der Waals surface area contributed by atoms with Gasteiger partial charge in [-0.3, -0.25) is 4.79 Å². The number of hydrogen-bond donors (Lipinski definition) is 0. The van der Waals surface area contributed by atoms with E-state index in [4.69, 9.17) is 0 Å². The zero-order valence-electron chi connectivity index (χ0n) is 16.0. The molecule has 0 amide bonds. The first-order valence-electron chi connectivity index (χ1n) is 9.48. The summed E-state index contributed by atoms with van der Waals surface area (Å²) < 4.78 is 4.64. The van der Waals surface area contributed by atoms with Gasteiger partial charge in [-0.1, -0.05) is 90.6 Å². The Morgan fingerprint density at radius 3 is 1.50 bits per heavy atom. The van der Waals surface area contributed by atoms with Crippen molar-refractivity contribution in [3.63, 3.8) is 0 Å². The molecule has 0 fully saturated rings. The molecule has 0 unspecified atom stereocenters. The summed E-state index contributed by atoms with van der Waals surface area (Å²) in [7, 11) is 0. The number of rotatable bonds is 15. The number of esters is 2. The van der Waals surface area contributed by atoms with E-state index in [-0.39, 0.29) is 25.1 Å². The molecule has 136 valence electrons. The predicted octanol–water partition coefficient (Wildman–Crippen LogP) is 6.11. The number of ether oxygens (including phenoxy) is 1. The van der Waals surface area contributed by atoms with Gasteiger partial charge in [0.05, 0.1) is 0 Å². The molecule has 0 aromatic heterocycles. The van der Waals surface area contributed by atoms with Crippen LogP contribution in [0.3, 0.4) is 0 Å². The van der Waals surface area contributed by atoms with E-state index in [9.17, 15) is 9.59 Å². The number of carbonyl (C=O) groups is 2. The Hall–Kier alpha value is -0.497. The standard InChI is InChI=1S/C20H36O3.Zn/c1-4-5-6-7-8-9-10-11-12-13-14-15-16-17-19(21)23-20(22)18(2)3;/h2,4-17H2,1,3H3;. The van der Waals surface area contributed by atoms with Gasteiger partial charge in [0.15, 0.2) is 0 Å². The first kappa shape index (κ1) is 25.7. The van der Waals surface area contributed by atoms with Crippen LogP contribution in [0.4, 0.5) is 0 Å². The molecule has 0 saturated carbocycles. The molecular weight excluding hydrogens is 354 g/mol. The van der Waals surface area contributed by atoms with E-state index in [2.05, 4.69) is 18.2 Å². The zero-order chi connectivity index (χ0) is 17.3. The van der Waals surface area contributed by atoms with E-state index in [1.165, 1.54) is 64.2 Å². The Bertz CT molecular complexity index is 340. The quantitative estimate of drug-likeness (QED) is 0.111. The molecule has 0 aliphatic rings. The molecular formula is C20H36O3Zn. The van der Waals surface area contributed by atoms with Crippen LogP contribution >= 0.6 is 0 Å². The van der Waals surface area contributed by atoms with Gasteiger partial charge >= 0.3 is 11.9 Å². The van der Waals surface area contributed by atoms with Crippen molar-refractivity contribution in [2.75, 3.05) is 0 Å².